The second-order valence-corrected chi connectivity index (χ2v) is 7.68. The maximum atomic E-state index is 12.5. The lowest BCUT2D eigenvalue weighted by atomic mass is 9.96. The van der Waals surface area contributed by atoms with E-state index in [0.717, 1.165) is 0 Å². The van der Waals surface area contributed by atoms with E-state index in [1.54, 1.807) is 17.9 Å². The topological polar surface area (TPSA) is 91.0 Å². The van der Waals surface area contributed by atoms with Crippen LogP contribution < -0.4 is 20.3 Å². The number of hydrogen-bond donors (Lipinski definition) is 2. The number of benzene rings is 1. The summed E-state index contributed by atoms with van der Waals surface area (Å²) in [6.07, 6.45) is -4.60. The van der Waals surface area contributed by atoms with Crippen molar-refractivity contribution in [2.75, 3.05) is 31.1 Å². The van der Waals surface area contributed by atoms with Crippen LogP contribution in [-0.4, -0.2) is 60.8 Å². The minimum absolute atomic E-state index is 0.0781. The number of ether oxygens (including phenoxy) is 1. The van der Waals surface area contributed by atoms with Gasteiger partial charge in [-0.3, -0.25) is 14.9 Å². The Balaban J connectivity index is 1.54. The van der Waals surface area contributed by atoms with Crippen LogP contribution in [-0.2, 0) is 9.59 Å². The SMILES string of the molecule is C[C@]1(CCC(=O)N2CCN(c3ccc(Cl)c(OC(F)(F)F)c3)CC2)NC(=O)NC1=O. The van der Waals surface area contributed by atoms with Crippen LogP contribution in [0.3, 0.4) is 0 Å². The molecule has 2 saturated heterocycles. The maximum Gasteiger partial charge on any atom is 0.573 e. The molecule has 0 aromatic heterocycles. The molecule has 8 nitrogen and oxygen atoms in total. The number of rotatable bonds is 5. The van der Waals surface area contributed by atoms with Crippen molar-refractivity contribution in [3.8, 4) is 5.75 Å². The van der Waals surface area contributed by atoms with Crippen LogP contribution in [0.15, 0.2) is 18.2 Å². The highest BCUT2D eigenvalue weighted by molar-refractivity contribution is 6.32. The van der Waals surface area contributed by atoms with E-state index in [1.165, 1.54) is 12.1 Å². The quantitative estimate of drug-likeness (QED) is 0.674. The van der Waals surface area contributed by atoms with Gasteiger partial charge in [0.05, 0.1) is 5.02 Å². The number of urea groups is 1. The molecule has 12 heteroatoms. The van der Waals surface area contributed by atoms with Crippen LogP contribution in [0.5, 0.6) is 5.75 Å². The maximum absolute atomic E-state index is 12.5. The summed E-state index contributed by atoms with van der Waals surface area (Å²) >= 11 is 5.77. The van der Waals surface area contributed by atoms with E-state index in [-0.39, 0.29) is 23.8 Å². The summed E-state index contributed by atoms with van der Waals surface area (Å²) in [6.45, 7) is 3.11. The zero-order valence-corrected chi connectivity index (χ0v) is 16.8. The lowest BCUT2D eigenvalue weighted by molar-refractivity contribution is -0.274. The molecular formula is C18H20ClF3N4O4. The first-order valence-corrected chi connectivity index (χ1v) is 9.56. The molecule has 2 aliphatic heterocycles. The predicted molar refractivity (Wildman–Crippen MR) is 101 cm³/mol. The van der Waals surface area contributed by atoms with Gasteiger partial charge >= 0.3 is 12.4 Å². The largest absolute Gasteiger partial charge is 0.573 e. The van der Waals surface area contributed by atoms with Gasteiger partial charge in [0.1, 0.15) is 11.3 Å². The Morgan fingerprint density at radius 2 is 1.90 bits per heavy atom. The molecule has 1 atom stereocenters. The van der Waals surface area contributed by atoms with E-state index < -0.39 is 29.6 Å². The molecule has 0 bridgehead atoms. The first-order valence-electron chi connectivity index (χ1n) is 9.18. The Morgan fingerprint density at radius 1 is 1.23 bits per heavy atom. The first kappa shape index (κ1) is 22.0. The van der Waals surface area contributed by atoms with Gasteiger partial charge in [-0.25, -0.2) is 4.79 Å². The standard InChI is InChI=1S/C18H20ClF3N4O4/c1-17(15(28)23-16(29)24-17)5-4-14(27)26-8-6-25(7-9-26)11-2-3-12(19)13(10-11)30-18(20,21)22/h2-3,10H,4-9H2,1H3,(H2,23,24,28,29)/t17-/m1/s1. The number of nitrogens with one attached hydrogen (secondary N) is 2. The highest BCUT2D eigenvalue weighted by atomic mass is 35.5. The molecule has 164 valence electrons. The summed E-state index contributed by atoms with van der Waals surface area (Å²) < 4.78 is 41.5. The third-order valence-corrected chi connectivity index (χ3v) is 5.41. The van der Waals surface area contributed by atoms with Gasteiger partial charge in [-0.1, -0.05) is 11.6 Å². The van der Waals surface area contributed by atoms with Crippen molar-refractivity contribution in [1.29, 1.82) is 0 Å². The highest BCUT2D eigenvalue weighted by Gasteiger charge is 2.42. The van der Waals surface area contributed by atoms with E-state index in [4.69, 9.17) is 11.6 Å². The normalized spacial score (nSPS) is 22.0. The van der Waals surface area contributed by atoms with Crippen LogP contribution in [0.1, 0.15) is 19.8 Å². The Kier molecular flexibility index (Phi) is 6.02. The van der Waals surface area contributed by atoms with Gasteiger partial charge in [0.15, 0.2) is 0 Å². The number of carbonyl (C=O) groups excluding carboxylic acids is 3. The first-order chi connectivity index (χ1) is 14.0. The molecule has 0 aliphatic carbocycles. The molecule has 3 rings (SSSR count). The molecular weight excluding hydrogens is 429 g/mol. The Labute approximate surface area is 175 Å². The summed E-state index contributed by atoms with van der Waals surface area (Å²) in [6, 6.07) is 3.55. The van der Waals surface area contributed by atoms with Gasteiger partial charge in [-0.15, -0.1) is 13.2 Å². The number of amides is 4. The van der Waals surface area contributed by atoms with Crippen LogP contribution in [0.4, 0.5) is 23.7 Å². The Bertz CT molecular complexity index is 858. The zero-order chi connectivity index (χ0) is 22.1. The Morgan fingerprint density at radius 3 is 2.47 bits per heavy atom. The summed E-state index contributed by atoms with van der Waals surface area (Å²) in [7, 11) is 0. The van der Waals surface area contributed by atoms with E-state index in [1.807, 2.05) is 4.90 Å². The van der Waals surface area contributed by atoms with E-state index in [0.29, 0.717) is 31.9 Å². The second kappa shape index (κ2) is 8.21. The molecule has 1 aromatic carbocycles. The molecule has 2 N–H and O–H groups in total. The van der Waals surface area contributed by atoms with Crippen LogP contribution >= 0.6 is 11.6 Å². The van der Waals surface area contributed by atoms with Crippen molar-refractivity contribution >= 4 is 35.1 Å². The average Bonchev–Trinajstić information content (AvgIpc) is 2.92. The van der Waals surface area contributed by atoms with Gasteiger partial charge in [0.25, 0.3) is 5.91 Å². The molecule has 2 fully saturated rings. The van der Waals surface area contributed by atoms with Crippen molar-refractivity contribution < 1.29 is 32.3 Å². The number of hydrogen-bond acceptors (Lipinski definition) is 5. The van der Waals surface area contributed by atoms with Gasteiger partial charge in [0.2, 0.25) is 5.91 Å². The fourth-order valence-corrected chi connectivity index (χ4v) is 3.53. The minimum atomic E-state index is -4.85. The van der Waals surface area contributed by atoms with Crippen molar-refractivity contribution in [2.45, 2.75) is 31.7 Å². The lowest BCUT2D eigenvalue weighted by Gasteiger charge is -2.36. The monoisotopic (exact) mass is 448 g/mol. The summed E-state index contributed by atoms with van der Waals surface area (Å²) in [4.78, 5) is 39.0. The molecule has 0 saturated carbocycles. The van der Waals surface area contributed by atoms with Crippen LogP contribution in [0.25, 0.3) is 0 Å². The molecule has 0 unspecified atom stereocenters. The number of nitrogens with zero attached hydrogens (tertiary/aromatic N) is 2. The summed E-state index contributed by atoms with van der Waals surface area (Å²) in [5.74, 6) is -1.11. The van der Waals surface area contributed by atoms with Crippen molar-refractivity contribution in [3.63, 3.8) is 0 Å². The third kappa shape index (κ3) is 5.07. The zero-order valence-electron chi connectivity index (χ0n) is 16.0. The smallest absolute Gasteiger partial charge is 0.404 e. The average molecular weight is 449 g/mol. The summed E-state index contributed by atoms with van der Waals surface area (Å²) in [5, 5.41) is 4.51. The predicted octanol–water partition coefficient (Wildman–Crippen LogP) is 2.27. The second-order valence-electron chi connectivity index (χ2n) is 7.27. The number of halogens is 4. The van der Waals surface area contributed by atoms with Gasteiger partial charge in [0, 0.05) is 44.4 Å². The van der Waals surface area contributed by atoms with Crippen molar-refractivity contribution in [3.05, 3.63) is 23.2 Å². The van der Waals surface area contributed by atoms with Crippen molar-refractivity contribution in [2.24, 2.45) is 0 Å². The van der Waals surface area contributed by atoms with Crippen LogP contribution in [0.2, 0.25) is 5.02 Å². The molecule has 2 heterocycles. The molecule has 4 amide bonds. The number of alkyl halides is 3. The Hall–Kier alpha value is -2.69. The van der Waals surface area contributed by atoms with Crippen molar-refractivity contribution in [1.82, 2.24) is 15.5 Å². The fourth-order valence-electron chi connectivity index (χ4n) is 3.38. The third-order valence-electron chi connectivity index (χ3n) is 5.09. The number of carbonyl (C=O) groups is 3. The number of piperazine rings is 1. The fraction of sp³-hybridized carbons (Fsp3) is 0.500. The molecule has 2 aliphatic rings. The molecule has 0 radical (unpaired) electrons. The van der Waals surface area contributed by atoms with Gasteiger partial charge < -0.3 is 19.9 Å². The lowest BCUT2D eigenvalue weighted by Crippen LogP contribution is -2.50. The minimum Gasteiger partial charge on any atom is -0.404 e. The number of imide groups is 1. The molecule has 30 heavy (non-hydrogen) atoms. The molecule has 0 spiro atoms. The highest BCUT2D eigenvalue weighted by Crippen LogP contribution is 2.34. The van der Waals surface area contributed by atoms with Gasteiger partial charge in [-0.05, 0) is 25.5 Å². The van der Waals surface area contributed by atoms with Gasteiger partial charge in [-0.2, -0.15) is 0 Å². The van der Waals surface area contributed by atoms with E-state index >= 15 is 0 Å². The molecule has 1 aromatic rings. The summed E-state index contributed by atoms with van der Waals surface area (Å²) in [5.41, 5.74) is -0.615. The van der Waals surface area contributed by atoms with Crippen LogP contribution in [0, 0.1) is 0 Å². The van der Waals surface area contributed by atoms with E-state index in [2.05, 4.69) is 15.4 Å². The number of anilines is 1. The van der Waals surface area contributed by atoms with E-state index in [9.17, 15) is 27.6 Å².